The van der Waals surface area contributed by atoms with Crippen LogP contribution in [0.1, 0.15) is 31.1 Å². The van der Waals surface area contributed by atoms with E-state index in [1.165, 1.54) is 21.9 Å². The molecule has 1 saturated heterocycles. The summed E-state index contributed by atoms with van der Waals surface area (Å²) in [6.45, 7) is 0.657. The second-order valence-corrected chi connectivity index (χ2v) is 7.15. The number of phenolic OH excluding ortho intramolecular Hbond substituents is 2. The highest BCUT2D eigenvalue weighted by molar-refractivity contribution is 6.22. The van der Waals surface area contributed by atoms with Crippen LogP contribution in [-0.2, 0) is 4.79 Å². The zero-order valence-electron chi connectivity index (χ0n) is 15.9. The molecule has 0 aromatic heterocycles. The van der Waals surface area contributed by atoms with Crippen LogP contribution < -0.4 is 0 Å². The predicted octanol–water partition coefficient (Wildman–Crippen LogP) is 0.678. The van der Waals surface area contributed by atoms with Crippen LogP contribution in [0.5, 0.6) is 11.5 Å². The topological polar surface area (TPSA) is 118 Å². The fraction of sp³-hybridized carbons (Fsp3) is 0.238. The fourth-order valence-corrected chi connectivity index (χ4v) is 3.68. The Morgan fingerprint density at radius 1 is 0.800 bits per heavy atom. The molecule has 0 saturated carbocycles. The van der Waals surface area contributed by atoms with Crippen molar-refractivity contribution in [1.82, 2.24) is 14.7 Å². The molecule has 9 nitrogen and oxygen atoms in total. The van der Waals surface area contributed by atoms with Gasteiger partial charge in [-0.25, -0.2) is 0 Å². The Morgan fingerprint density at radius 2 is 1.30 bits per heavy atom. The third kappa shape index (κ3) is 3.45. The summed E-state index contributed by atoms with van der Waals surface area (Å²) in [6, 6.07) is 10.1. The molecular weight excluding hydrogens is 390 g/mol. The number of rotatable bonds is 3. The second kappa shape index (κ2) is 7.51. The van der Waals surface area contributed by atoms with Crippen LogP contribution in [0.25, 0.3) is 0 Å². The lowest BCUT2D eigenvalue weighted by Gasteiger charge is -2.35. The van der Waals surface area contributed by atoms with E-state index in [1.54, 1.807) is 24.3 Å². The van der Waals surface area contributed by atoms with Crippen molar-refractivity contribution in [3.63, 3.8) is 0 Å². The van der Waals surface area contributed by atoms with Crippen molar-refractivity contribution in [3.8, 4) is 11.5 Å². The summed E-state index contributed by atoms with van der Waals surface area (Å²) in [7, 11) is 0. The quantitative estimate of drug-likeness (QED) is 0.720. The zero-order valence-corrected chi connectivity index (χ0v) is 15.9. The lowest BCUT2D eigenvalue weighted by atomic mass is 10.1. The van der Waals surface area contributed by atoms with Gasteiger partial charge in [-0.15, -0.1) is 0 Å². The number of carbonyl (C=O) groups is 4. The molecule has 2 aliphatic rings. The molecule has 2 aliphatic heterocycles. The third-order valence-electron chi connectivity index (χ3n) is 5.24. The van der Waals surface area contributed by atoms with Crippen molar-refractivity contribution in [2.45, 2.75) is 0 Å². The number of phenols is 2. The Kier molecular flexibility index (Phi) is 4.86. The molecule has 30 heavy (non-hydrogen) atoms. The second-order valence-electron chi connectivity index (χ2n) is 7.15. The maximum Gasteiger partial charge on any atom is 0.262 e. The van der Waals surface area contributed by atoms with E-state index in [4.69, 9.17) is 0 Å². The number of aromatic hydroxyl groups is 2. The van der Waals surface area contributed by atoms with Crippen LogP contribution in [0.2, 0.25) is 0 Å². The Balaban J connectivity index is 1.36. The molecule has 2 heterocycles. The van der Waals surface area contributed by atoms with Gasteiger partial charge in [0.1, 0.15) is 18.0 Å². The Morgan fingerprint density at radius 3 is 1.83 bits per heavy atom. The van der Waals surface area contributed by atoms with E-state index in [2.05, 4.69) is 0 Å². The molecular formula is C21H19N3O6. The number of piperazine rings is 1. The van der Waals surface area contributed by atoms with E-state index in [0.29, 0.717) is 11.1 Å². The van der Waals surface area contributed by atoms with Crippen LogP contribution in [-0.4, -0.2) is 81.3 Å². The highest BCUT2D eigenvalue weighted by Gasteiger charge is 2.37. The number of carbonyl (C=O) groups excluding carboxylic acids is 4. The molecule has 0 spiro atoms. The van der Waals surface area contributed by atoms with Gasteiger partial charge in [-0.1, -0.05) is 12.1 Å². The lowest BCUT2D eigenvalue weighted by molar-refractivity contribution is -0.132. The van der Waals surface area contributed by atoms with Gasteiger partial charge in [0.05, 0.1) is 11.1 Å². The van der Waals surface area contributed by atoms with E-state index in [-0.39, 0.29) is 61.6 Å². The molecule has 4 amide bonds. The first-order chi connectivity index (χ1) is 14.3. The minimum absolute atomic E-state index is 0.151. The highest BCUT2D eigenvalue weighted by atomic mass is 16.3. The van der Waals surface area contributed by atoms with Gasteiger partial charge >= 0.3 is 0 Å². The summed E-state index contributed by atoms with van der Waals surface area (Å²) in [5, 5.41) is 19.1. The predicted molar refractivity (Wildman–Crippen MR) is 104 cm³/mol. The molecule has 0 bridgehead atoms. The van der Waals surface area contributed by atoms with E-state index in [1.807, 2.05) is 0 Å². The SMILES string of the molecule is O=C(CN1C(=O)c2ccccc2C1=O)N1CCN(C(=O)c2cc(O)cc(O)c2)CC1. The summed E-state index contributed by atoms with van der Waals surface area (Å²) >= 11 is 0. The van der Waals surface area contributed by atoms with E-state index in [9.17, 15) is 29.4 Å². The van der Waals surface area contributed by atoms with Crippen LogP contribution in [0.4, 0.5) is 0 Å². The smallest absolute Gasteiger partial charge is 0.262 e. The first kappa shape index (κ1) is 19.4. The van der Waals surface area contributed by atoms with E-state index < -0.39 is 11.8 Å². The fourth-order valence-electron chi connectivity index (χ4n) is 3.68. The normalized spacial score (nSPS) is 16.1. The molecule has 9 heteroatoms. The molecule has 0 aliphatic carbocycles. The first-order valence-electron chi connectivity index (χ1n) is 9.40. The number of amides is 4. The van der Waals surface area contributed by atoms with Crippen LogP contribution in [0, 0.1) is 0 Å². The van der Waals surface area contributed by atoms with Gasteiger partial charge in [0.2, 0.25) is 5.91 Å². The van der Waals surface area contributed by atoms with Gasteiger partial charge < -0.3 is 20.0 Å². The summed E-state index contributed by atoms with van der Waals surface area (Å²) in [5.74, 6) is -2.13. The third-order valence-corrected chi connectivity index (χ3v) is 5.24. The zero-order chi connectivity index (χ0) is 21.4. The average molecular weight is 409 g/mol. The Labute approximate surface area is 171 Å². The van der Waals surface area contributed by atoms with Gasteiger partial charge in [0.25, 0.3) is 17.7 Å². The largest absolute Gasteiger partial charge is 0.508 e. The number of imide groups is 1. The van der Waals surface area contributed by atoms with Crippen molar-refractivity contribution < 1.29 is 29.4 Å². The van der Waals surface area contributed by atoms with Crippen LogP contribution in [0.15, 0.2) is 42.5 Å². The highest BCUT2D eigenvalue weighted by Crippen LogP contribution is 2.23. The molecule has 154 valence electrons. The van der Waals surface area contributed by atoms with Crippen molar-refractivity contribution in [3.05, 3.63) is 59.2 Å². The van der Waals surface area contributed by atoms with Crippen molar-refractivity contribution in [2.24, 2.45) is 0 Å². The molecule has 2 N–H and O–H groups in total. The Hall–Kier alpha value is -3.88. The van der Waals surface area contributed by atoms with Crippen molar-refractivity contribution >= 4 is 23.6 Å². The first-order valence-corrected chi connectivity index (χ1v) is 9.40. The standard InChI is InChI=1S/C21H19N3O6/c25-14-9-13(10-15(26)11-14)19(28)23-7-5-22(6-8-23)18(27)12-24-20(29)16-3-1-2-4-17(16)21(24)30/h1-4,9-11,25-26H,5-8,12H2. The minimum Gasteiger partial charge on any atom is -0.508 e. The molecule has 2 aromatic rings. The maximum atomic E-state index is 12.6. The number of hydrogen-bond acceptors (Lipinski definition) is 6. The molecule has 0 radical (unpaired) electrons. The molecule has 1 fully saturated rings. The van der Waals surface area contributed by atoms with Gasteiger partial charge in [-0.05, 0) is 24.3 Å². The summed E-state index contributed by atoms with van der Waals surface area (Å²) < 4.78 is 0. The molecule has 0 atom stereocenters. The number of fused-ring (bicyclic) bond motifs is 1. The monoisotopic (exact) mass is 409 g/mol. The maximum absolute atomic E-state index is 12.6. The van der Waals surface area contributed by atoms with Crippen LogP contribution in [0.3, 0.4) is 0 Å². The van der Waals surface area contributed by atoms with Gasteiger partial charge in [-0.2, -0.15) is 0 Å². The van der Waals surface area contributed by atoms with Gasteiger partial charge in [-0.3, -0.25) is 24.1 Å². The minimum atomic E-state index is -0.485. The molecule has 2 aromatic carbocycles. The Bertz CT molecular complexity index is 1000. The number of benzene rings is 2. The van der Waals surface area contributed by atoms with Gasteiger partial charge in [0.15, 0.2) is 0 Å². The van der Waals surface area contributed by atoms with Gasteiger partial charge in [0, 0.05) is 37.8 Å². The van der Waals surface area contributed by atoms with Crippen molar-refractivity contribution in [2.75, 3.05) is 32.7 Å². The average Bonchev–Trinajstić information content (AvgIpc) is 2.98. The molecule has 4 rings (SSSR count). The number of nitrogens with zero attached hydrogens (tertiary/aromatic N) is 3. The molecule has 0 unspecified atom stereocenters. The van der Waals surface area contributed by atoms with Crippen LogP contribution >= 0.6 is 0 Å². The summed E-state index contributed by atoms with van der Waals surface area (Å²) in [4.78, 5) is 54.0. The van der Waals surface area contributed by atoms with E-state index in [0.717, 1.165) is 11.0 Å². The van der Waals surface area contributed by atoms with E-state index >= 15 is 0 Å². The number of hydrogen-bond donors (Lipinski definition) is 2. The lowest BCUT2D eigenvalue weighted by Crippen LogP contribution is -2.53. The summed E-state index contributed by atoms with van der Waals surface area (Å²) in [5.41, 5.74) is 0.735. The van der Waals surface area contributed by atoms with Crippen molar-refractivity contribution in [1.29, 1.82) is 0 Å². The summed E-state index contributed by atoms with van der Waals surface area (Å²) in [6.07, 6.45) is 0.